The first-order valence-corrected chi connectivity index (χ1v) is 11.1. The molecule has 0 aliphatic carbocycles. The molecule has 0 aliphatic rings. The van der Waals surface area contributed by atoms with Crippen LogP contribution in [0.15, 0.2) is 34.5 Å². The third kappa shape index (κ3) is 6.16. The standard InChI is InChI=1S/C20H27NO4S2/c1-13(2)10-16-12-17(15-8-6-14(7-9-15)11-18(22)23)19(26-16)27(24,25)21-20(3,4)5/h6-9,12-13,21H,10-11H2,1-5H3,(H,22,23). The molecule has 0 atom stereocenters. The number of nitrogens with one attached hydrogen (secondary N) is 1. The van der Waals surface area contributed by atoms with Crippen molar-refractivity contribution in [2.24, 2.45) is 5.92 Å². The van der Waals surface area contributed by atoms with Crippen LogP contribution in [0.3, 0.4) is 0 Å². The van der Waals surface area contributed by atoms with Crippen molar-refractivity contribution >= 4 is 27.3 Å². The number of carboxylic acids is 1. The quantitative estimate of drug-likeness (QED) is 0.713. The van der Waals surface area contributed by atoms with Crippen molar-refractivity contribution in [3.63, 3.8) is 0 Å². The van der Waals surface area contributed by atoms with Crippen molar-refractivity contribution in [2.45, 2.75) is 57.2 Å². The molecule has 148 valence electrons. The zero-order valence-electron chi connectivity index (χ0n) is 16.4. The van der Waals surface area contributed by atoms with Gasteiger partial charge in [0.2, 0.25) is 0 Å². The number of thiophene rings is 1. The van der Waals surface area contributed by atoms with E-state index in [0.29, 0.717) is 21.3 Å². The van der Waals surface area contributed by atoms with Crippen LogP contribution in [0.2, 0.25) is 0 Å². The highest BCUT2D eigenvalue weighted by atomic mass is 32.2. The SMILES string of the molecule is CC(C)Cc1cc(-c2ccc(CC(=O)O)cc2)c(S(=O)(=O)NC(C)(C)C)s1. The van der Waals surface area contributed by atoms with Crippen molar-refractivity contribution in [1.82, 2.24) is 4.72 Å². The predicted octanol–water partition coefficient (Wildman–Crippen LogP) is 4.32. The molecule has 0 fully saturated rings. The van der Waals surface area contributed by atoms with Crippen molar-refractivity contribution in [3.8, 4) is 11.1 Å². The Labute approximate surface area is 165 Å². The molecule has 0 saturated carbocycles. The Morgan fingerprint density at radius 3 is 2.26 bits per heavy atom. The van der Waals surface area contributed by atoms with Crippen LogP contribution in [0, 0.1) is 5.92 Å². The van der Waals surface area contributed by atoms with Gasteiger partial charge in [-0.25, -0.2) is 13.1 Å². The van der Waals surface area contributed by atoms with Crippen LogP contribution in [0.1, 0.15) is 45.1 Å². The Kier molecular flexibility index (Phi) is 6.50. The van der Waals surface area contributed by atoms with Gasteiger partial charge in [-0.2, -0.15) is 0 Å². The van der Waals surface area contributed by atoms with Crippen LogP contribution in [-0.2, 0) is 27.7 Å². The molecular formula is C20H27NO4S2. The second-order valence-corrected chi connectivity index (χ2v) is 11.1. The minimum Gasteiger partial charge on any atom is -0.481 e. The van der Waals surface area contributed by atoms with Gasteiger partial charge in [0.15, 0.2) is 0 Å². The topological polar surface area (TPSA) is 83.5 Å². The lowest BCUT2D eigenvalue weighted by atomic mass is 10.0. The van der Waals surface area contributed by atoms with Gasteiger partial charge in [0.05, 0.1) is 6.42 Å². The first-order valence-electron chi connectivity index (χ1n) is 8.85. The van der Waals surface area contributed by atoms with Crippen molar-refractivity contribution in [3.05, 3.63) is 40.8 Å². The van der Waals surface area contributed by atoms with E-state index < -0.39 is 21.5 Å². The summed E-state index contributed by atoms with van der Waals surface area (Å²) in [5.41, 5.74) is 1.53. The van der Waals surface area contributed by atoms with E-state index >= 15 is 0 Å². The number of aliphatic carboxylic acids is 1. The first-order chi connectivity index (χ1) is 12.4. The zero-order valence-corrected chi connectivity index (χ0v) is 18.0. The Morgan fingerprint density at radius 1 is 1.19 bits per heavy atom. The van der Waals surface area contributed by atoms with Crippen LogP contribution in [-0.4, -0.2) is 25.0 Å². The number of hydrogen-bond donors (Lipinski definition) is 2. The summed E-state index contributed by atoms with van der Waals surface area (Å²) >= 11 is 1.30. The smallest absolute Gasteiger partial charge is 0.307 e. The fourth-order valence-electron chi connectivity index (χ4n) is 2.75. The van der Waals surface area contributed by atoms with Gasteiger partial charge in [-0.15, -0.1) is 11.3 Å². The molecule has 2 rings (SSSR count). The minimum atomic E-state index is -3.67. The maximum atomic E-state index is 13.0. The summed E-state index contributed by atoms with van der Waals surface area (Å²) in [5.74, 6) is -0.476. The largest absolute Gasteiger partial charge is 0.481 e. The van der Waals surface area contributed by atoms with Crippen molar-refractivity contribution in [1.29, 1.82) is 0 Å². The molecule has 7 heteroatoms. The Hall–Kier alpha value is -1.70. The van der Waals surface area contributed by atoms with Crippen molar-refractivity contribution < 1.29 is 18.3 Å². The van der Waals surface area contributed by atoms with Gasteiger partial charge >= 0.3 is 5.97 Å². The van der Waals surface area contributed by atoms with E-state index in [9.17, 15) is 13.2 Å². The maximum absolute atomic E-state index is 13.0. The summed E-state index contributed by atoms with van der Waals surface area (Å²) in [6, 6.07) is 8.98. The van der Waals surface area contributed by atoms with Gasteiger partial charge in [-0.3, -0.25) is 4.79 Å². The van der Waals surface area contributed by atoms with E-state index in [2.05, 4.69) is 18.6 Å². The molecule has 1 aromatic heterocycles. The highest BCUT2D eigenvalue weighted by Gasteiger charge is 2.27. The van der Waals surface area contributed by atoms with Crippen LogP contribution in [0.5, 0.6) is 0 Å². The average Bonchev–Trinajstić information content (AvgIpc) is 2.89. The van der Waals surface area contributed by atoms with Gasteiger partial charge in [0, 0.05) is 16.0 Å². The van der Waals surface area contributed by atoms with Gasteiger partial charge < -0.3 is 5.11 Å². The fraction of sp³-hybridized carbons (Fsp3) is 0.450. The van der Waals surface area contributed by atoms with Crippen LogP contribution < -0.4 is 4.72 Å². The molecule has 0 aliphatic heterocycles. The number of hydrogen-bond acceptors (Lipinski definition) is 4. The molecule has 0 bridgehead atoms. The van der Waals surface area contributed by atoms with Gasteiger partial charge in [-0.05, 0) is 50.3 Å². The third-order valence-corrected chi connectivity index (χ3v) is 7.11. The summed E-state index contributed by atoms with van der Waals surface area (Å²) in [5, 5.41) is 8.91. The highest BCUT2D eigenvalue weighted by Crippen LogP contribution is 2.37. The highest BCUT2D eigenvalue weighted by molar-refractivity contribution is 7.91. The second kappa shape index (κ2) is 8.12. The van der Waals surface area contributed by atoms with E-state index in [0.717, 1.165) is 16.9 Å². The number of carboxylic acid groups (broad SMARTS) is 1. The summed E-state index contributed by atoms with van der Waals surface area (Å²) in [7, 11) is -3.67. The Bertz CT molecular complexity index is 904. The van der Waals surface area contributed by atoms with Crippen LogP contribution >= 0.6 is 11.3 Å². The van der Waals surface area contributed by atoms with Crippen molar-refractivity contribution in [2.75, 3.05) is 0 Å². The zero-order chi connectivity index (χ0) is 20.4. The lowest BCUT2D eigenvalue weighted by Crippen LogP contribution is -2.40. The Balaban J connectivity index is 2.50. The third-order valence-electron chi connectivity index (χ3n) is 3.66. The van der Waals surface area contributed by atoms with E-state index in [1.807, 2.05) is 26.8 Å². The summed E-state index contributed by atoms with van der Waals surface area (Å²) in [6.07, 6.45) is 0.749. The molecule has 2 N–H and O–H groups in total. The van der Waals surface area contributed by atoms with Gasteiger partial charge in [0.25, 0.3) is 10.0 Å². The summed E-state index contributed by atoms with van der Waals surface area (Å²) in [4.78, 5) is 11.9. The van der Waals surface area contributed by atoms with E-state index in [-0.39, 0.29) is 6.42 Å². The molecule has 1 heterocycles. The molecule has 0 saturated heterocycles. The molecule has 1 aromatic carbocycles. The van der Waals surface area contributed by atoms with E-state index in [1.54, 1.807) is 24.3 Å². The fourth-order valence-corrected chi connectivity index (χ4v) is 6.12. The summed E-state index contributed by atoms with van der Waals surface area (Å²) in [6.45, 7) is 9.64. The monoisotopic (exact) mass is 409 g/mol. The Morgan fingerprint density at radius 2 is 1.78 bits per heavy atom. The van der Waals surface area contributed by atoms with E-state index in [4.69, 9.17) is 5.11 Å². The number of rotatable bonds is 7. The molecular weight excluding hydrogens is 382 g/mol. The second-order valence-electron chi connectivity index (χ2n) is 8.13. The molecule has 2 aromatic rings. The first kappa shape index (κ1) is 21.6. The number of sulfonamides is 1. The molecule has 0 spiro atoms. The molecule has 0 unspecified atom stereocenters. The van der Waals surface area contributed by atoms with Crippen LogP contribution in [0.4, 0.5) is 0 Å². The molecule has 0 radical (unpaired) electrons. The lowest BCUT2D eigenvalue weighted by Gasteiger charge is -2.20. The number of benzene rings is 1. The molecule has 27 heavy (non-hydrogen) atoms. The predicted molar refractivity (Wildman–Crippen MR) is 110 cm³/mol. The van der Waals surface area contributed by atoms with Gasteiger partial charge in [-0.1, -0.05) is 38.1 Å². The average molecular weight is 410 g/mol. The van der Waals surface area contributed by atoms with Crippen LogP contribution in [0.25, 0.3) is 11.1 Å². The lowest BCUT2D eigenvalue weighted by molar-refractivity contribution is -0.136. The molecule has 5 nitrogen and oxygen atoms in total. The number of carbonyl (C=O) groups is 1. The normalized spacial score (nSPS) is 12.5. The minimum absolute atomic E-state index is 0.0563. The summed E-state index contributed by atoms with van der Waals surface area (Å²) < 4.78 is 29.0. The maximum Gasteiger partial charge on any atom is 0.307 e. The molecule has 0 amide bonds. The van der Waals surface area contributed by atoms with Gasteiger partial charge in [0.1, 0.15) is 4.21 Å². The van der Waals surface area contributed by atoms with E-state index in [1.165, 1.54) is 11.3 Å².